The van der Waals surface area contributed by atoms with Gasteiger partial charge >= 0.3 is 0 Å². The van der Waals surface area contributed by atoms with E-state index in [0.29, 0.717) is 25.3 Å². The van der Waals surface area contributed by atoms with E-state index in [9.17, 15) is 4.79 Å². The van der Waals surface area contributed by atoms with E-state index in [-0.39, 0.29) is 12.1 Å². The van der Waals surface area contributed by atoms with Crippen molar-refractivity contribution in [2.24, 2.45) is 0 Å². The standard InChI is InChI=1S/C29H28N2O3/c1-2-18-31-28(30-25-15-9-8-14-24(25)29(31)32)27-23-13-7-6-10-21(23)16-17-26(27)34-20-19-33-22-11-4-3-5-12-22/h3-17,28,30H,2,18-20H2,1H3. The predicted molar refractivity (Wildman–Crippen MR) is 136 cm³/mol. The predicted octanol–water partition coefficient (Wildman–Crippen LogP) is 6.27. The number of benzene rings is 4. The van der Waals surface area contributed by atoms with Gasteiger partial charge in [-0.3, -0.25) is 4.79 Å². The first kappa shape index (κ1) is 21.8. The van der Waals surface area contributed by atoms with E-state index in [1.54, 1.807) is 0 Å². The molecule has 0 aromatic heterocycles. The third kappa shape index (κ3) is 4.29. The SMILES string of the molecule is CCCN1C(=O)c2ccccc2NC1c1c(OCCOc2ccccc2)ccc2ccccc12. The van der Waals surface area contributed by atoms with Gasteiger partial charge in [0.15, 0.2) is 0 Å². The second-order valence-electron chi connectivity index (χ2n) is 8.30. The highest BCUT2D eigenvalue weighted by Gasteiger charge is 2.34. The van der Waals surface area contributed by atoms with Crippen LogP contribution < -0.4 is 14.8 Å². The van der Waals surface area contributed by atoms with Crippen molar-refractivity contribution in [3.05, 3.63) is 102 Å². The second kappa shape index (κ2) is 9.87. The summed E-state index contributed by atoms with van der Waals surface area (Å²) in [5.74, 6) is 1.60. The molecule has 0 spiro atoms. The fourth-order valence-corrected chi connectivity index (χ4v) is 4.50. The Hall–Kier alpha value is -3.99. The molecule has 5 rings (SSSR count). The van der Waals surface area contributed by atoms with E-state index in [4.69, 9.17) is 9.47 Å². The molecule has 0 fully saturated rings. The van der Waals surface area contributed by atoms with Crippen LogP contribution in [0.15, 0.2) is 91.0 Å². The number of carbonyl (C=O) groups is 1. The van der Waals surface area contributed by atoms with Gasteiger partial charge in [-0.25, -0.2) is 0 Å². The van der Waals surface area contributed by atoms with Crippen molar-refractivity contribution >= 4 is 22.4 Å². The number of rotatable bonds is 8. The highest BCUT2D eigenvalue weighted by Crippen LogP contribution is 2.40. The zero-order valence-corrected chi connectivity index (χ0v) is 19.2. The zero-order valence-electron chi connectivity index (χ0n) is 19.2. The molecule has 5 heteroatoms. The quantitative estimate of drug-likeness (QED) is 0.320. The number of fused-ring (bicyclic) bond motifs is 2. The van der Waals surface area contributed by atoms with Gasteiger partial charge in [0.05, 0.1) is 5.56 Å². The minimum absolute atomic E-state index is 0.0347. The Morgan fingerprint density at radius 2 is 1.56 bits per heavy atom. The molecule has 5 nitrogen and oxygen atoms in total. The summed E-state index contributed by atoms with van der Waals surface area (Å²) in [6, 6.07) is 29.7. The van der Waals surface area contributed by atoms with Gasteiger partial charge < -0.3 is 19.7 Å². The van der Waals surface area contributed by atoms with E-state index in [1.807, 2.05) is 77.7 Å². The Labute approximate surface area is 199 Å². The van der Waals surface area contributed by atoms with Crippen molar-refractivity contribution < 1.29 is 14.3 Å². The van der Waals surface area contributed by atoms with Gasteiger partial charge in [0.1, 0.15) is 30.9 Å². The van der Waals surface area contributed by atoms with Crippen LogP contribution in [0.4, 0.5) is 5.69 Å². The van der Waals surface area contributed by atoms with Crippen LogP contribution >= 0.6 is 0 Å². The molecular formula is C29H28N2O3. The van der Waals surface area contributed by atoms with Gasteiger partial charge in [0.25, 0.3) is 5.91 Å². The fraction of sp³-hybridized carbons (Fsp3) is 0.207. The topological polar surface area (TPSA) is 50.8 Å². The summed E-state index contributed by atoms with van der Waals surface area (Å²) in [5.41, 5.74) is 2.51. The fourth-order valence-electron chi connectivity index (χ4n) is 4.50. The third-order valence-corrected chi connectivity index (χ3v) is 6.04. The Bertz CT molecular complexity index is 1290. The summed E-state index contributed by atoms with van der Waals surface area (Å²) in [6.45, 7) is 3.55. The van der Waals surface area contributed by atoms with Crippen LogP contribution in [-0.2, 0) is 0 Å². The first-order chi connectivity index (χ1) is 16.8. The molecule has 4 aromatic rings. The lowest BCUT2D eigenvalue weighted by Crippen LogP contribution is -2.43. The van der Waals surface area contributed by atoms with E-state index in [2.05, 4.69) is 30.4 Å². The van der Waals surface area contributed by atoms with Crippen LogP contribution in [0.3, 0.4) is 0 Å². The summed E-state index contributed by atoms with van der Waals surface area (Å²) in [7, 11) is 0. The maximum absolute atomic E-state index is 13.5. The largest absolute Gasteiger partial charge is 0.490 e. The monoisotopic (exact) mass is 452 g/mol. The van der Waals surface area contributed by atoms with Crippen molar-refractivity contribution in [2.45, 2.75) is 19.5 Å². The van der Waals surface area contributed by atoms with Crippen LogP contribution in [-0.4, -0.2) is 30.6 Å². The van der Waals surface area contributed by atoms with Gasteiger partial charge in [0.2, 0.25) is 0 Å². The normalized spacial score (nSPS) is 15.0. The molecule has 0 saturated heterocycles. The van der Waals surface area contributed by atoms with Crippen LogP contribution in [0.5, 0.6) is 11.5 Å². The number of carbonyl (C=O) groups excluding carboxylic acids is 1. The lowest BCUT2D eigenvalue weighted by atomic mass is 9.97. The van der Waals surface area contributed by atoms with Gasteiger partial charge in [-0.05, 0) is 47.5 Å². The van der Waals surface area contributed by atoms with Crippen molar-refractivity contribution in [2.75, 3.05) is 25.1 Å². The first-order valence-corrected chi connectivity index (χ1v) is 11.7. The first-order valence-electron chi connectivity index (χ1n) is 11.7. The van der Waals surface area contributed by atoms with Gasteiger partial charge in [-0.15, -0.1) is 0 Å². The molecule has 0 aliphatic carbocycles. The Morgan fingerprint density at radius 3 is 2.41 bits per heavy atom. The molecule has 1 unspecified atom stereocenters. The Morgan fingerprint density at radius 1 is 0.824 bits per heavy atom. The number of nitrogens with zero attached hydrogens (tertiary/aromatic N) is 1. The maximum atomic E-state index is 13.5. The highest BCUT2D eigenvalue weighted by atomic mass is 16.5. The number of hydrogen-bond acceptors (Lipinski definition) is 4. The summed E-state index contributed by atoms with van der Waals surface area (Å²) >= 11 is 0. The number of hydrogen-bond donors (Lipinski definition) is 1. The van der Waals surface area contributed by atoms with Crippen molar-refractivity contribution in [3.63, 3.8) is 0 Å². The summed E-state index contributed by atoms with van der Waals surface area (Å²) in [6.07, 6.45) is 0.524. The van der Waals surface area contributed by atoms with Gasteiger partial charge in [0, 0.05) is 17.8 Å². The number of para-hydroxylation sites is 2. The van der Waals surface area contributed by atoms with Crippen molar-refractivity contribution in [1.29, 1.82) is 0 Å². The Balaban J connectivity index is 1.50. The molecule has 0 radical (unpaired) electrons. The van der Waals surface area contributed by atoms with E-state index in [0.717, 1.165) is 39.9 Å². The molecule has 1 amide bonds. The van der Waals surface area contributed by atoms with E-state index in [1.165, 1.54) is 0 Å². The van der Waals surface area contributed by atoms with Gasteiger partial charge in [-0.1, -0.05) is 67.6 Å². The van der Waals surface area contributed by atoms with E-state index >= 15 is 0 Å². The summed E-state index contributed by atoms with van der Waals surface area (Å²) in [5, 5.41) is 5.79. The molecule has 172 valence electrons. The Kier molecular flexibility index (Phi) is 6.34. The molecule has 1 aliphatic heterocycles. The number of anilines is 1. The number of ether oxygens (including phenoxy) is 2. The van der Waals surface area contributed by atoms with Crippen LogP contribution in [0, 0.1) is 0 Å². The minimum atomic E-state index is -0.335. The number of nitrogens with one attached hydrogen (secondary N) is 1. The molecular weight excluding hydrogens is 424 g/mol. The second-order valence-corrected chi connectivity index (χ2v) is 8.30. The molecule has 1 heterocycles. The minimum Gasteiger partial charge on any atom is -0.490 e. The lowest BCUT2D eigenvalue weighted by Gasteiger charge is -2.39. The third-order valence-electron chi connectivity index (χ3n) is 6.04. The van der Waals surface area contributed by atoms with Crippen LogP contribution in [0.25, 0.3) is 10.8 Å². The zero-order chi connectivity index (χ0) is 23.3. The smallest absolute Gasteiger partial charge is 0.257 e. The summed E-state index contributed by atoms with van der Waals surface area (Å²) in [4.78, 5) is 15.4. The van der Waals surface area contributed by atoms with Crippen molar-refractivity contribution in [3.8, 4) is 11.5 Å². The molecule has 4 aromatic carbocycles. The molecule has 34 heavy (non-hydrogen) atoms. The average Bonchev–Trinajstić information content (AvgIpc) is 2.89. The average molecular weight is 453 g/mol. The molecule has 0 saturated carbocycles. The van der Waals surface area contributed by atoms with E-state index < -0.39 is 0 Å². The van der Waals surface area contributed by atoms with Crippen LogP contribution in [0.2, 0.25) is 0 Å². The molecule has 1 N–H and O–H groups in total. The number of amides is 1. The highest BCUT2D eigenvalue weighted by molar-refractivity contribution is 6.02. The molecule has 1 atom stereocenters. The summed E-state index contributed by atoms with van der Waals surface area (Å²) < 4.78 is 12.1. The van der Waals surface area contributed by atoms with Crippen molar-refractivity contribution in [1.82, 2.24) is 4.90 Å². The molecule has 0 bridgehead atoms. The molecule has 1 aliphatic rings. The van der Waals surface area contributed by atoms with Crippen LogP contribution in [0.1, 0.15) is 35.4 Å². The lowest BCUT2D eigenvalue weighted by molar-refractivity contribution is 0.0681. The van der Waals surface area contributed by atoms with Gasteiger partial charge in [-0.2, -0.15) is 0 Å². The maximum Gasteiger partial charge on any atom is 0.257 e.